The molecule has 2 heterocycles. The first-order valence-electron chi connectivity index (χ1n) is 8.72. The highest BCUT2D eigenvalue weighted by Crippen LogP contribution is 2.33. The number of thioether (sulfide) groups is 1. The van der Waals surface area contributed by atoms with Crippen molar-refractivity contribution < 1.29 is 0 Å². The summed E-state index contributed by atoms with van der Waals surface area (Å²) in [6, 6.07) is 12.5. The molecule has 0 N–H and O–H groups in total. The smallest absolute Gasteiger partial charge is 0.197 e. The van der Waals surface area contributed by atoms with E-state index in [-0.39, 0.29) is 5.25 Å². The quantitative estimate of drug-likeness (QED) is 0.605. The standard InChI is InChI=1S/C20H21N5S/c1-4-15-8-6-9-16(5-2)18(15)25-19(17-10-7-11-22-13-17)23-24-20(25)26-14(3)12-21/h6-11,13-14H,4-5H2,1-3H3. The zero-order valence-electron chi connectivity index (χ0n) is 15.2. The van der Waals surface area contributed by atoms with Gasteiger partial charge in [0.2, 0.25) is 0 Å². The zero-order valence-corrected chi connectivity index (χ0v) is 16.0. The Balaban J connectivity index is 2.28. The molecule has 1 atom stereocenters. The average molecular weight is 363 g/mol. The van der Waals surface area contributed by atoms with E-state index >= 15 is 0 Å². The van der Waals surface area contributed by atoms with Crippen LogP contribution < -0.4 is 0 Å². The number of rotatable bonds is 6. The molecule has 0 aliphatic carbocycles. The first-order chi connectivity index (χ1) is 12.7. The topological polar surface area (TPSA) is 67.4 Å². The van der Waals surface area contributed by atoms with Crippen molar-refractivity contribution in [2.75, 3.05) is 0 Å². The van der Waals surface area contributed by atoms with Crippen LogP contribution in [0, 0.1) is 11.3 Å². The lowest BCUT2D eigenvalue weighted by Crippen LogP contribution is -2.08. The van der Waals surface area contributed by atoms with E-state index in [4.69, 9.17) is 0 Å². The van der Waals surface area contributed by atoms with Crippen LogP contribution in [-0.4, -0.2) is 25.0 Å². The lowest BCUT2D eigenvalue weighted by atomic mass is 10.0. The molecule has 0 fully saturated rings. The third-order valence-corrected chi connectivity index (χ3v) is 5.14. The Kier molecular flexibility index (Phi) is 5.69. The summed E-state index contributed by atoms with van der Waals surface area (Å²) < 4.78 is 2.09. The molecular formula is C20H21N5S. The van der Waals surface area contributed by atoms with Gasteiger partial charge in [0.05, 0.1) is 17.0 Å². The maximum atomic E-state index is 9.24. The minimum Gasteiger partial charge on any atom is -0.269 e. The second-order valence-corrected chi connectivity index (χ2v) is 7.21. The highest BCUT2D eigenvalue weighted by Gasteiger charge is 2.21. The van der Waals surface area contributed by atoms with E-state index in [1.807, 2.05) is 19.1 Å². The number of para-hydroxylation sites is 1. The molecule has 1 unspecified atom stereocenters. The second kappa shape index (κ2) is 8.15. The van der Waals surface area contributed by atoms with Crippen LogP contribution in [0.3, 0.4) is 0 Å². The van der Waals surface area contributed by atoms with Gasteiger partial charge in [-0.3, -0.25) is 9.55 Å². The molecule has 0 saturated carbocycles. The van der Waals surface area contributed by atoms with Gasteiger partial charge >= 0.3 is 0 Å². The van der Waals surface area contributed by atoms with Crippen molar-refractivity contribution >= 4 is 11.8 Å². The zero-order chi connectivity index (χ0) is 18.5. The van der Waals surface area contributed by atoms with Gasteiger partial charge in [-0.05, 0) is 43.0 Å². The van der Waals surface area contributed by atoms with Crippen molar-refractivity contribution in [1.82, 2.24) is 19.7 Å². The third-order valence-electron chi connectivity index (χ3n) is 4.21. The molecule has 26 heavy (non-hydrogen) atoms. The number of nitriles is 1. The first-order valence-corrected chi connectivity index (χ1v) is 9.60. The van der Waals surface area contributed by atoms with Crippen LogP contribution in [0.25, 0.3) is 17.1 Å². The van der Waals surface area contributed by atoms with Gasteiger partial charge in [0, 0.05) is 18.0 Å². The van der Waals surface area contributed by atoms with Crippen molar-refractivity contribution in [1.29, 1.82) is 5.26 Å². The lowest BCUT2D eigenvalue weighted by Gasteiger charge is -2.18. The van der Waals surface area contributed by atoms with E-state index in [1.165, 1.54) is 22.9 Å². The molecule has 0 saturated heterocycles. The van der Waals surface area contributed by atoms with Gasteiger partial charge in [0.1, 0.15) is 0 Å². The highest BCUT2D eigenvalue weighted by atomic mass is 32.2. The van der Waals surface area contributed by atoms with Gasteiger partial charge in [-0.1, -0.05) is 43.8 Å². The van der Waals surface area contributed by atoms with E-state index in [1.54, 1.807) is 12.4 Å². The Bertz CT molecular complexity index is 905. The van der Waals surface area contributed by atoms with Crippen LogP contribution in [0.2, 0.25) is 0 Å². The third kappa shape index (κ3) is 3.49. The first kappa shape index (κ1) is 18.2. The molecule has 0 aliphatic heterocycles. The van der Waals surface area contributed by atoms with Crippen molar-refractivity contribution in [3.63, 3.8) is 0 Å². The molecule has 0 bridgehead atoms. The second-order valence-electron chi connectivity index (χ2n) is 5.90. The van der Waals surface area contributed by atoms with E-state index in [9.17, 15) is 5.26 Å². The molecule has 6 heteroatoms. The Morgan fingerprint density at radius 1 is 1.12 bits per heavy atom. The van der Waals surface area contributed by atoms with Crippen LogP contribution in [0.15, 0.2) is 47.9 Å². The Labute approximate surface area is 158 Å². The van der Waals surface area contributed by atoms with Crippen LogP contribution in [0.5, 0.6) is 0 Å². The lowest BCUT2D eigenvalue weighted by molar-refractivity contribution is 0.856. The molecule has 1 aromatic carbocycles. The minimum absolute atomic E-state index is 0.210. The molecule has 3 aromatic rings. The van der Waals surface area contributed by atoms with Gasteiger partial charge < -0.3 is 0 Å². The van der Waals surface area contributed by atoms with E-state index in [0.717, 1.165) is 35.1 Å². The van der Waals surface area contributed by atoms with E-state index in [2.05, 4.69) is 57.9 Å². The average Bonchev–Trinajstić information content (AvgIpc) is 3.10. The summed E-state index contributed by atoms with van der Waals surface area (Å²) in [6.07, 6.45) is 5.36. The van der Waals surface area contributed by atoms with E-state index < -0.39 is 0 Å². The SMILES string of the molecule is CCc1cccc(CC)c1-n1c(SC(C)C#N)nnc1-c1cccnc1. The summed E-state index contributed by atoms with van der Waals surface area (Å²) in [5.74, 6) is 0.751. The monoisotopic (exact) mass is 363 g/mol. The van der Waals surface area contributed by atoms with Crippen LogP contribution in [0.4, 0.5) is 0 Å². The van der Waals surface area contributed by atoms with Gasteiger partial charge in [0.25, 0.3) is 0 Å². The van der Waals surface area contributed by atoms with Crippen molar-refractivity contribution in [2.45, 2.75) is 44.0 Å². The summed E-state index contributed by atoms with van der Waals surface area (Å²) in [6.45, 7) is 6.17. The molecule has 0 aliphatic rings. The van der Waals surface area contributed by atoms with Gasteiger partial charge in [-0.15, -0.1) is 10.2 Å². The molecule has 2 aromatic heterocycles. The van der Waals surface area contributed by atoms with Crippen LogP contribution in [-0.2, 0) is 12.8 Å². The molecule has 0 radical (unpaired) electrons. The fourth-order valence-corrected chi connectivity index (χ4v) is 3.66. The van der Waals surface area contributed by atoms with E-state index in [0.29, 0.717) is 0 Å². The Hall–Kier alpha value is -2.65. The molecule has 5 nitrogen and oxygen atoms in total. The maximum Gasteiger partial charge on any atom is 0.197 e. The van der Waals surface area contributed by atoms with Gasteiger partial charge in [-0.2, -0.15) is 5.26 Å². The number of aryl methyl sites for hydroxylation is 2. The summed E-state index contributed by atoms with van der Waals surface area (Å²) in [5.41, 5.74) is 4.50. The summed E-state index contributed by atoms with van der Waals surface area (Å²) >= 11 is 1.43. The molecule has 0 spiro atoms. The molecule has 0 amide bonds. The number of pyridine rings is 1. The highest BCUT2D eigenvalue weighted by molar-refractivity contribution is 8.00. The molecular weight excluding hydrogens is 342 g/mol. The number of benzene rings is 1. The number of hydrogen-bond acceptors (Lipinski definition) is 5. The molecule has 132 valence electrons. The maximum absolute atomic E-state index is 9.24. The van der Waals surface area contributed by atoms with Gasteiger partial charge in [-0.25, -0.2) is 0 Å². The van der Waals surface area contributed by atoms with Crippen molar-refractivity contribution in [3.05, 3.63) is 53.9 Å². The normalized spacial score (nSPS) is 11.9. The number of hydrogen-bond donors (Lipinski definition) is 0. The number of aromatic nitrogens is 4. The minimum atomic E-state index is -0.210. The largest absolute Gasteiger partial charge is 0.269 e. The van der Waals surface area contributed by atoms with Gasteiger partial charge in [0.15, 0.2) is 11.0 Å². The number of nitrogens with zero attached hydrogens (tertiary/aromatic N) is 5. The molecule has 3 rings (SSSR count). The Morgan fingerprint density at radius 2 is 1.85 bits per heavy atom. The fourth-order valence-electron chi connectivity index (χ4n) is 2.92. The summed E-state index contributed by atoms with van der Waals surface area (Å²) in [5, 5.41) is 18.6. The van der Waals surface area contributed by atoms with Crippen LogP contribution >= 0.6 is 11.8 Å². The summed E-state index contributed by atoms with van der Waals surface area (Å²) in [4.78, 5) is 4.23. The fraction of sp³-hybridized carbons (Fsp3) is 0.300. The Morgan fingerprint density at radius 3 is 2.42 bits per heavy atom. The predicted octanol–water partition coefficient (Wildman–Crippen LogP) is 4.46. The van der Waals surface area contributed by atoms with Crippen molar-refractivity contribution in [2.24, 2.45) is 0 Å². The van der Waals surface area contributed by atoms with Crippen LogP contribution in [0.1, 0.15) is 31.9 Å². The van der Waals surface area contributed by atoms with Crippen molar-refractivity contribution in [3.8, 4) is 23.1 Å². The summed E-state index contributed by atoms with van der Waals surface area (Å²) in [7, 11) is 0. The predicted molar refractivity (Wildman–Crippen MR) is 104 cm³/mol.